The van der Waals surface area contributed by atoms with E-state index in [4.69, 9.17) is 4.74 Å². The molecule has 3 atom stereocenters. The van der Waals surface area contributed by atoms with Crippen LogP contribution in [0.25, 0.3) is 0 Å². The normalized spacial score (nSPS) is 30.5. The van der Waals surface area contributed by atoms with E-state index in [1.54, 1.807) is 0 Å². The molecule has 4 nitrogen and oxygen atoms in total. The summed E-state index contributed by atoms with van der Waals surface area (Å²) in [5.74, 6) is 1.65. The van der Waals surface area contributed by atoms with Crippen molar-refractivity contribution in [1.29, 1.82) is 0 Å². The number of amides is 1. The number of hydrogen-bond donors (Lipinski definition) is 0. The van der Waals surface area contributed by atoms with Gasteiger partial charge < -0.3 is 14.5 Å². The number of hydrogen-bond acceptors (Lipinski definition) is 3. The van der Waals surface area contributed by atoms with Gasteiger partial charge in [0, 0.05) is 32.8 Å². The van der Waals surface area contributed by atoms with Crippen molar-refractivity contribution < 1.29 is 9.53 Å². The molecule has 3 aliphatic heterocycles. The molecule has 1 aromatic carbocycles. The third-order valence-corrected chi connectivity index (χ3v) is 5.92. The van der Waals surface area contributed by atoms with E-state index in [9.17, 15) is 4.79 Å². The van der Waals surface area contributed by atoms with E-state index >= 15 is 0 Å². The molecule has 3 fully saturated rings. The van der Waals surface area contributed by atoms with Gasteiger partial charge in [0.25, 0.3) is 0 Å². The molecule has 1 unspecified atom stereocenters. The first-order chi connectivity index (χ1) is 11.8. The van der Waals surface area contributed by atoms with Crippen LogP contribution in [0, 0.1) is 11.8 Å². The lowest BCUT2D eigenvalue weighted by Crippen LogP contribution is -2.43. The molecular weight excluding hydrogens is 300 g/mol. The number of rotatable bonds is 4. The summed E-state index contributed by atoms with van der Waals surface area (Å²) in [5, 5.41) is 0. The fourth-order valence-electron chi connectivity index (χ4n) is 4.57. The van der Waals surface area contributed by atoms with Gasteiger partial charge in [0.15, 0.2) is 0 Å². The van der Waals surface area contributed by atoms with Crippen LogP contribution in [0.5, 0.6) is 0 Å². The Bertz CT molecular complexity index is 556. The van der Waals surface area contributed by atoms with Crippen LogP contribution in [0.1, 0.15) is 24.8 Å². The molecule has 3 heterocycles. The molecular formula is C20H28N2O2. The average molecular weight is 328 g/mol. The number of carbonyl (C=O) groups excluding carboxylic acids is 1. The number of nitrogens with zero attached hydrogens (tertiary/aromatic N) is 2. The van der Waals surface area contributed by atoms with Crippen LogP contribution in [-0.2, 0) is 16.0 Å². The molecule has 3 saturated heterocycles. The van der Waals surface area contributed by atoms with E-state index in [-0.39, 0.29) is 0 Å². The second kappa shape index (κ2) is 7.24. The molecule has 0 spiro atoms. The standard InChI is InChI=1S/C20H28N2O2/c23-20(11-16-5-2-1-3-6-16)22-13-17-8-9-21(12-18(17)14-22)15-19-7-4-10-24-19/h1-3,5-6,17-19H,4,7-15H2/t17-,18+,19?/m0/s1. The van der Waals surface area contributed by atoms with Crippen molar-refractivity contribution in [2.24, 2.45) is 11.8 Å². The average Bonchev–Trinajstić information content (AvgIpc) is 3.25. The third-order valence-electron chi connectivity index (χ3n) is 5.92. The van der Waals surface area contributed by atoms with E-state index in [1.165, 1.54) is 25.8 Å². The van der Waals surface area contributed by atoms with E-state index < -0.39 is 0 Å². The van der Waals surface area contributed by atoms with Gasteiger partial charge in [0.05, 0.1) is 12.5 Å². The third kappa shape index (κ3) is 3.65. The SMILES string of the molecule is O=C(Cc1ccccc1)N1C[C@H]2CN(CC3CCCO3)CC[C@H]2C1. The van der Waals surface area contributed by atoms with Gasteiger partial charge in [-0.1, -0.05) is 30.3 Å². The van der Waals surface area contributed by atoms with Crippen molar-refractivity contribution in [3.63, 3.8) is 0 Å². The maximum atomic E-state index is 12.6. The quantitative estimate of drug-likeness (QED) is 0.849. The van der Waals surface area contributed by atoms with E-state index in [0.717, 1.165) is 38.3 Å². The monoisotopic (exact) mass is 328 g/mol. The first-order valence-electron chi connectivity index (χ1n) is 9.43. The Hall–Kier alpha value is -1.39. The fraction of sp³-hybridized carbons (Fsp3) is 0.650. The van der Waals surface area contributed by atoms with E-state index in [0.29, 0.717) is 30.3 Å². The topological polar surface area (TPSA) is 32.8 Å². The minimum absolute atomic E-state index is 0.293. The van der Waals surface area contributed by atoms with Crippen LogP contribution in [-0.4, -0.2) is 61.1 Å². The number of carbonyl (C=O) groups is 1. The number of fused-ring (bicyclic) bond motifs is 1. The van der Waals surface area contributed by atoms with Gasteiger partial charge in [0.2, 0.25) is 5.91 Å². The predicted octanol–water partition coefficient (Wildman–Crippen LogP) is 2.19. The summed E-state index contributed by atoms with van der Waals surface area (Å²) in [4.78, 5) is 17.3. The zero-order valence-corrected chi connectivity index (χ0v) is 14.4. The molecule has 0 bridgehead atoms. The smallest absolute Gasteiger partial charge is 0.227 e. The van der Waals surface area contributed by atoms with Crippen LogP contribution in [0.4, 0.5) is 0 Å². The Morgan fingerprint density at radius 1 is 1.08 bits per heavy atom. The molecule has 0 N–H and O–H groups in total. The Morgan fingerprint density at radius 3 is 2.71 bits per heavy atom. The van der Waals surface area contributed by atoms with Crippen molar-refractivity contribution in [1.82, 2.24) is 9.80 Å². The van der Waals surface area contributed by atoms with Gasteiger partial charge in [0.1, 0.15) is 0 Å². The molecule has 0 aromatic heterocycles. The van der Waals surface area contributed by atoms with Gasteiger partial charge in [-0.3, -0.25) is 4.79 Å². The Balaban J connectivity index is 1.30. The number of benzene rings is 1. The second-order valence-electron chi connectivity index (χ2n) is 7.66. The van der Waals surface area contributed by atoms with Gasteiger partial charge in [-0.25, -0.2) is 0 Å². The number of piperidine rings is 1. The summed E-state index contributed by atoms with van der Waals surface area (Å²) in [6.45, 7) is 6.23. The molecule has 1 aromatic rings. The summed E-state index contributed by atoms with van der Waals surface area (Å²) in [5.41, 5.74) is 1.12. The minimum atomic E-state index is 0.293. The highest BCUT2D eigenvalue weighted by Gasteiger charge is 2.39. The lowest BCUT2D eigenvalue weighted by Gasteiger charge is -2.35. The highest BCUT2D eigenvalue weighted by Crippen LogP contribution is 2.32. The minimum Gasteiger partial charge on any atom is -0.377 e. The van der Waals surface area contributed by atoms with Crippen molar-refractivity contribution in [2.45, 2.75) is 31.8 Å². The summed E-state index contributed by atoms with van der Waals surface area (Å²) in [6.07, 6.45) is 4.64. The second-order valence-corrected chi connectivity index (χ2v) is 7.66. The maximum absolute atomic E-state index is 12.6. The molecule has 0 saturated carbocycles. The molecule has 0 radical (unpaired) electrons. The van der Waals surface area contributed by atoms with Crippen LogP contribution in [0.3, 0.4) is 0 Å². The highest BCUT2D eigenvalue weighted by atomic mass is 16.5. The van der Waals surface area contributed by atoms with Crippen molar-refractivity contribution in [3.05, 3.63) is 35.9 Å². The Labute approximate surface area is 144 Å². The summed E-state index contributed by atoms with van der Waals surface area (Å²) >= 11 is 0. The summed E-state index contributed by atoms with van der Waals surface area (Å²) in [6, 6.07) is 10.1. The predicted molar refractivity (Wildman–Crippen MR) is 93.7 cm³/mol. The van der Waals surface area contributed by atoms with E-state index in [1.807, 2.05) is 30.3 Å². The summed E-state index contributed by atoms with van der Waals surface area (Å²) < 4.78 is 5.79. The molecule has 0 aliphatic carbocycles. The molecule has 4 heteroatoms. The maximum Gasteiger partial charge on any atom is 0.227 e. The highest BCUT2D eigenvalue weighted by molar-refractivity contribution is 5.79. The van der Waals surface area contributed by atoms with E-state index in [2.05, 4.69) is 9.80 Å². The molecule has 24 heavy (non-hydrogen) atoms. The van der Waals surface area contributed by atoms with Crippen LogP contribution >= 0.6 is 0 Å². The van der Waals surface area contributed by atoms with Gasteiger partial charge in [-0.2, -0.15) is 0 Å². The molecule has 3 aliphatic rings. The van der Waals surface area contributed by atoms with Gasteiger partial charge in [-0.15, -0.1) is 0 Å². The first kappa shape index (κ1) is 16.1. The molecule has 1 amide bonds. The van der Waals surface area contributed by atoms with Crippen LogP contribution < -0.4 is 0 Å². The fourth-order valence-corrected chi connectivity index (χ4v) is 4.57. The van der Waals surface area contributed by atoms with Crippen LogP contribution in [0.15, 0.2) is 30.3 Å². The van der Waals surface area contributed by atoms with Crippen molar-refractivity contribution >= 4 is 5.91 Å². The molecule has 4 rings (SSSR count). The largest absolute Gasteiger partial charge is 0.377 e. The van der Waals surface area contributed by atoms with Crippen molar-refractivity contribution in [3.8, 4) is 0 Å². The zero-order valence-electron chi connectivity index (χ0n) is 14.4. The van der Waals surface area contributed by atoms with Gasteiger partial charge in [-0.05, 0) is 43.2 Å². The molecule has 130 valence electrons. The lowest BCUT2D eigenvalue weighted by molar-refractivity contribution is -0.129. The Kier molecular flexibility index (Phi) is 4.86. The number of likely N-dealkylation sites (tertiary alicyclic amines) is 2. The first-order valence-corrected chi connectivity index (χ1v) is 9.43. The van der Waals surface area contributed by atoms with Gasteiger partial charge >= 0.3 is 0 Å². The summed E-state index contributed by atoms with van der Waals surface area (Å²) in [7, 11) is 0. The Morgan fingerprint density at radius 2 is 1.92 bits per heavy atom. The van der Waals surface area contributed by atoms with Crippen molar-refractivity contribution in [2.75, 3.05) is 39.3 Å². The lowest BCUT2D eigenvalue weighted by atomic mass is 9.88. The zero-order chi connectivity index (χ0) is 16.4. The van der Waals surface area contributed by atoms with Crippen LogP contribution in [0.2, 0.25) is 0 Å². The number of ether oxygens (including phenoxy) is 1.